The summed E-state index contributed by atoms with van der Waals surface area (Å²) in [7, 11) is 0. The van der Waals surface area contributed by atoms with Crippen LogP contribution < -0.4 is 5.32 Å². The lowest BCUT2D eigenvalue weighted by Crippen LogP contribution is -2.47. The van der Waals surface area contributed by atoms with Crippen LogP contribution in [-0.4, -0.2) is 50.3 Å². The standard InChI is InChI=1S/C10H20N2O/c1-2-9-7-11-8-10(9)12-3-5-13-6-4-12/h9-11H,2-8H2,1H3/t9-,10+/m1/s1. The molecule has 13 heavy (non-hydrogen) atoms. The molecule has 0 amide bonds. The van der Waals surface area contributed by atoms with E-state index in [-0.39, 0.29) is 0 Å². The normalized spacial score (nSPS) is 36.7. The van der Waals surface area contributed by atoms with E-state index in [1.807, 2.05) is 0 Å². The molecule has 2 heterocycles. The van der Waals surface area contributed by atoms with Gasteiger partial charge in [0.25, 0.3) is 0 Å². The van der Waals surface area contributed by atoms with Crippen molar-refractivity contribution in [3.8, 4) is 0 Å². The van der Waals surface area contributed by atoms with Crippen LogP contribution in [0.25, 0.3) is 0 Å². The Kier molecular flexibility index (Phi) is 3.19. The average Bonchev–Trinajstić information content (AvgIpc) is 2.67. The number of ether oxygens (including phenoxy) is 1. The van der Waals surface area contributed by atoms with Crippen molar-refractivity contribution < 1.29 is 4.74 Å². The number of rotatable bonds is 2. The van der Waals surface area contributed by atoms with Gasteiger partial charge in [0.1, 0.15) is 0 Å². The van der Waals surface area contributed by atoms with Crippen LogP contribution in [0.2, 0.25) is 0 Å². The Morgan fingerprint density at radius 3 is 2.77 bits per heavy atom. The fourth-order valence-electron chi connectivity index (χ4n) is 2.47. The number of nitrogens with zero attached hydrogens (tertiary/aromatic N) is 1. The highest BCUT2D eigenvalue weighted by Crippen LogP contribution is 2.19. The van der Waals surface area contributed by atoms with E-state index < -0.39 is 0 Å². The van der Waals surface area contributed by atoms with Gasteiger partial charge in [-0.05, 0) is 12.5 Å². The van der Waals surface area contributed by atoms with Gasteiger partial charge in [-0.1, -0.05) is 13.3 Å². The maximum absolute atomic E-state index is 5.37. The zero-order valence-corrected chi connectivity index (χ0v) is 8.46. The summed E-state index contributed by atoms with van der Waals surface area (Å²) in [6.45, 7) is 8.79. The molecule has 0 bridgehead atoms. The van der Waals surface area contributed by atoms with Gasteiger partial charge in [0.2, 0.25) is 0 Å². The quantitative estimate of drug-likeness (QED) is 0.669. The van der Waals surface area contributed by atoms with Gasteiger partial charge in [0.05, 0.1) is 13.2 Å². The van der Waals surface area contributed by atoms with Crippen LogP contribution in [0.5, 0.6) is 0 Å². The van der Waals surface area contributed by atoms with Crippen molar-refractivity contribution >= 4 is 0 Å². The molecular formula is C10H20N2O. The number of hydrogen-bond donors (Lipinski definition) is 1. The molecule has 3 nitrogen and oxygen atoms in total. The molecular weight excluding hydrogens is 164 g/mol. The van der Waals surface area contributed by atoms with Crippen LogP contribution in [0.1, 0.15) is 13.3 Å². The molecule has 76 valence electrons. The summed E-state index contributed by atoms with van der Waals surface area (Å²) in [5.41, 5.74) is 0. The smallest absolute Gasteiger partial charge is 0.0594 e. The maximum atomic E-state index is 5.37. The van der Waals surface area contributed by atoms with Gasteiger partial charge in [-0.3, -0.25) is 4.90 Å². The minimum Gasteiger partial charge on any atom is -0.379 e. The summed E-state index contributed by atoms with van der Waals surface area (Å²) in [5, 5.41) is 3.49. The van der Waals surface area contributed by atoms with E-state index in [1.54, 1.807) is 0 Å². The molecule has 0 aromatic carbocycles. The van der Waals surface area contributed by atoms with Crippen molar-refractivity contribution in [1.29, 1.82) is 0 Å². The third-order valence-electron chi connectivity index (χ3n) is 3.34. The van der Waals surface area contributed by atoms with E-state index in [0.717, 1.165) is 38.3 Å². The fourth-order valence-corrected chi connectivity index (χ4v) is 2.47. The van der Waals surface area contributed by atoms with E-state index in [2.05, 4.69) is 17.1 Å². The van der Waals surface area contributed by atoms with Gasteiger partial charge < -0.3 is 10.1 Å². The van der Waals surface area contributed by atoms with Crippen LogP contribution in [0.3, 0.4) is 0 Å². The fraction of sp³-hybridized carbons (Fsp3) is 1.00. The lowest BCUT2D eigenvalue weighted by atomic mass is 9.99. The van der Waals surface area contributed by atoms with Crippen molar-refractivity contribution in [2.75, 3.05) is 39.4 Å². The molecule has 3 heteroatoms. The molecule has 2 saturated heterocycles. The minimum absolute atomic E-state index is 0.772. The molecule has 1 N–H and O–H groups in total. The first-order valence-electron chi connectivity index (χ1n) is 5.44. The Morgan fingerprint density at radius 2 is 2.08 bits per heavy atom. The van der Waals surface area contributed by atoms with E-state index >= 15 is 0 Å². The lowest BCUT2D eigenvalue weighted by molar-refractivity contribution is 0.0114. The first kappa shape index (κ1) is 9.44. The Labute approximate surface area is 80.4 Å². The third kappa shape index (κ3) is 2.03. The maximum Gasteiger partial charge on any atom is 0.0594 e. The van der Waals surface area contributed by atoms with Crippen LogP contribution in [0.4, 0.5) is 0 Å². The molecule has 2 aliphatic heterocycles. The van der Waals surface area contributed by atoms with E-state index in [0.29, 0.717) is 0 Å². The summed E-state index contributed by atoms with van der Waals surface area (Å²) >= 11 is 0. The Balaban J connectivity index is 1.90. The van der Waals surface area contributed by atoms with E-state index in [1.165, 1.54) is 19.5 Å². The monoisotopic (exact) mass is 184 g/mol. The summed E-state index contributed by atoms with van der Waals surface area (Å²) in [6, 6.07) is 0.772. The molecule has 0 radical (unpaired) electrons. The second-order valence-corrected chi connectivity index (χ2v) is 4.04. The zero-order chi connectivity index (χ0) is 9.10. The van der Waals surface area contributed by atoms with E-state index in [9.17, 15) is 0 Å². The molecule has 2 fully saturated rings. The third-order valence-corrected chi connectivity index (χ3v) is 3.34. The highest BCUT2D eigenvalue weighted by Gasteiger charge is 2.31. The highest BCUT2D eigenvalue weighted by atomic mass is 16.5. The number of hydrogen-bond acceptors (Lipinski definition) is 3. The molecule has 0 spiro atoms. The zero-order valence-electron chi connectivity index (χ0n) is 8.46. The number of nitrogens with one attached hydrogen (secondary N) is 1. The molecule has 0 aromatic heterocycles. The summed E-state index contributed by atoms with van der Waals surface area (Å²) in [5.74, 6) is 0.859. The van der Waals surface area contributed by atoms with Crippen molar-refractivity contribution in [2.24, 2.45) is 5.92 Å². The second-order valence-electron chi connectivity index (χ2n) is 4.04. The number of morpholine rings is 1. The Morgan fingerprint density at radius 1 is 1.31 bits per heavy atom. The molecule has 2 rings (SSSR count). The van der Waals surface area contributed by atoms with Gasteiger partial charge in [-0.15, -0.1) is 0 Å². The van der Waals surface area contributed by atoms with Gasteiger partial charge in [0.15, 0.2) is 0 Å². The van der Waals surface area contributed by atoms with Crippen LogP contribution >= 0.6 is 0 Å². The van der Waals surface area contributed by atoms with Crippen LogP contribution in [0, 0.1) is 5.92 Å². The SMILES string of the molecule is CC[C@@H]1CNC[C@@H]1N1CCOCC1. The highest BCUT2D eigenvalue weighted by molar-refractivity contribution is 4.88. The Hall–Kier alpha value is -0.120. The Bertz CT molecular complexity index is 157. The average molecular weight is 184 g/mol. The lowest BCUT2D eigenvalue weighted by Gasteiger charge is -2.34. The van der Waals surface area contributed by atoms with Gasteiger partial charge in [-0.25, -0.2) is 0 Å². The summed E-state index contributed by atoms with van der Waals surface area (Å²) < 4.78 is 5.37. The van der Waals surface area contributed by atoms with Crippen LogP contribution in [0.15, 0.2) is 0 Å². The van der Waals surface area contributed by atoms with Crippen molar-refractivity contribution in [2.45, 2.75) is 19.4 Å². The summed E-state index contributed by atoms with van der Waals surface area (Å²) in [6.07, 6.45) is 1.30. The van der Waals surface area contributed by atoms with Gasteiger partial charge in [-0.2, -0.15) is 0 Å². The second kappa shape index (κ2) is 4.40. The molecule has 0 aromatic rings. The van der Waals surface area contributed by atoms with Crippen molar-refractivity contribution in [1.82, 2.24) is 10.2 Å². The topological polar surface area (TPSA) is 24.5 Å². The van der Waals surface area contributed by atoms with Crippen molar-refractivity contribution in [3.05, 3.63) is 0 Å². The predicted octanol–water partition coefficient (Wildman–Crippen LogP) is 0.317. The van der Waals surface area contributed by atoms with Crippen molar-refractivity contribution in [3.63, 3.8) is 0 Å². The van der Waals surface area contributed by atoms with Crippen LogP contribution in [-0.2, 0) is 4.74 Å². The molecule has 0 unspecified atom stereocenters. The van der Waals surface area contributed by atoms with E-state index in [4.69, 9.17) is 4.74 Å². The molecule has 0 aliphatic carbocycles. The van der Waals surface area contributed by atoms with Gasteiger partial charge >= 0.3 is 0 Å². The summed E-state index contributed by atoms with van der Waals surface area (Å²) in [4.78, 5) is 2.59. The predicted molar refractivity (Wildman–Crippen MR) is 52.8 cm³/mol. The van der Waals surface area contributed by atoms with Gasteiger partial charge in [0, 0.05) is 25.7 Å². The largest absolute Gasteiger partial charge is 0.379 e. The molecule has 2 atom stereocenters. The molecule has 0 saturated carbocycles. The minimum atomic E-state index is 0.772. The molecule has 2 aliphatic rings. The first-order chi connectivity index (χ1) is 6.42. The first-order valence-corrected chi connectivity index (χ1v) is 5.44.